The van der Waals surface area contributed by atoms with Crippen molar-refractivity contribution in [1.82, 2.24) is 30.7 Å². The van der Waals surface area contributed by atoms with E-state index in [-0.39, 0.29) is 36.9 Å². The van der Waals surface area contributed by atoms with Gasteiger partial charge >= 0.3 is 6.03 Å². The van der Waals surface area contributed by atoms with E-state index in [0.29, 0.717) is 31.8 Å². The predicted molar refractivity (Wildman–Crippen MR) is 173 cm³/mol. The first kappa shape index (κ1) is 34.1. The van der Waals surface area contributed by atoms with Gasteiger partial charge in [-0.05, 0) is 88.4 Å². The molecule has 1 aromatic rings. The third-order valence-corrected chi connectivity index (χ3v) is 9.49. The lowest BCUT2D eigenvalue weighted by Gasteiger charge is -2.41. The fourth-order valence-electron chi connectivity index (χ4n) is 7.01. The molecule has 1 unspecified atom stereocenters. The fourth-order valence-corrected chi connectivity index (χ4v) is 7.01. The lowest BCUT2D eigenvalue weighted by molar-refractivity contribution is -0.0426. The number of nitrogens with one attached hydrogen (secondary N) is 4. The van der Waals surface area contributed by atoms with Gasteiger partial charge in [-0.1, -0.05) is 12.6 Å². The maximum atomic E-state index is 13.6. The molecule has 3 aliphatic rings. The van der Waals surface area contributed by atoms with E-state index in [9.17, 15) is 13.6 Å². The summed E-state index contributed by atoms with van der Waals surface area (Å²) in [5.41, 5.74) is 3.41. The van der Waals surface area contributed by atoms with Crippen molar-refractivity contribution in [2.75, 3.05) is 45.8 Å². The molecule has 2 heterocycles. The quantitative estimate of drug-likeness (QED) is 0.155. The molecule has 11 heteroatoms. The van der Waals surface area contributed by atoms with Gasteiger partial charge in [-0.25, -0.2) is 18.6 Å². The maximum Gasteiger partial charge on any atom is 0.340 e. The van der Waals surface area contributed by atoms with Gasteiger partial charge in [-0.3, -0.25) is 9.88 Å². The van der Waals surface area contributed by atoms with E-state index >= 15 is 0 Å². The third-order valence-electron chi connectivity index (χ3n) is 9.49. The monoisotopic (exact) mass is 614 g/mol. The molecule has 44 heavy (non-hydrogen) atoms. The van der Waals surface area contributed by atoms with Crippen LogP contribution in [0, 0.1) is 11.3 Å². The molecule has 1 saturated carbocycles. The molecule has 0 spiro atoms. The van der Waals surface area contributed by atoms with Crippen molar-refractivity contribution in [3.05, 3.63) is 41.9 Å². The van der Waals surface area contributed by atoms with Crippen LogP contribution in [0.1, 0.15) is 81.5 Å². The van der Waals surface area contributed by atoms with Gasteiger partial charge in [0, 0.05) is 82.5 Å². The maximum absolute atomic E-state index is 13.6. The second-order valence-corrected chi connectivity index (χ2v) is 12.7. The van der Waals surface area contributed by atoms with Crippen molar-refractivity contribution >= 4 is 19.0 Å². The molecule has 0 bridgehead atoms. The highest BCUT2D eigenvalue weighted by Crippen LogP contribution is 2.38. The number of halogens is 2. The SMILES string of the molecule is C=NC(=O)NCCCCN(CC1CN(CC[C@@H](CC=N)NC(=C)C2CCC(F)(F)CC2)CCN1)[C@H]1CCCc2cccnc21. The summed E-state index contributed by atoms with van der Waals surface area (Å²) in [4.78, 5) is 24.8. The van der Waals surface area contributed by atoms with Crippen LogP contribution in [-0.2, 0) is 6.42 Å². The number of amides is 2. The standard InChI is InChI=1S/C33H52F2N8O/c1-25(26-10-14-33(34,35)15-11-26)41-28(12-16-36)13-21-42-22-19-38-29(23-42)24-43(20-4-3-17-40-32(44)37-2)30-9-5-7-27-8-6-18-39-31(27)30/h6,8,16,18,26,28-30,36,38,41H,1-5,7,9-15,17,19-24H2,(H,40,44)/t28-,29?,30+/m1/s1. The number of fused-ring (bicyclic) bond motifs is 1. The Morgan fingerprint density at radius 2 is 2.14 bits per heavy atom. The molecule has 1 aromatic heterocycles. The minimum absolute atomic E-state index is 0.0708. The van der Waals surface area contributed by atoms with E-state index in [4.69, 9.17) is 10.4 Å². The number of hydrogen-bond donors (Lipinski definition) is 4. The number of allylic oxidation sites excluding steroid dienone is 1. The van der Waals surface area contributed by atoms with Crippen molar-refractivity contribution < 1.29 is 13.6 Å². The average molecular weight is 615 g/mol. The summed E-state index contributed by atoms with van der Waals surface area (Å²) in [6.07, 6.45) is 10.8. The third kappa shape index (κ3) is 10.4. The van der Waals surface area contributed by atoms with Crippen LogP contribution in [0.2, 0.25) is 0 Å². The Kier molecular flexibility index (Phi) is 13.2. The van der Waals surface area contributed by atoms with Crippen LogP contribution in [0.3, 0.4) is 0 Å². The summed E-state index contributed by atoms with van der Waals surface area (Å²) in [6.45, 7) is 13.7. The van der Waals surface area contributed by atoms with Gasteiger partial charge in [-0.2, -0.15) is 0 Å². The fraction of sp³-hybridized carbons (Fsp3) is 0.697. The van der Waals surface area contributed by atoms with E-state index in [1.165, 1.54) is 17.5 Å². The van der Waals surface area contributed by atoms with Crippen LogP contribution < -0.4 is 16.0 Å². The minimum Gasteiger partial charge on any atom is -0.385 e. The first-order valence-electron chi connectivity index (χ1n) is 16.5. The normalized spacial score (nSPS) is 23.0. The zero-order chi connectivity index (χ0) is 31.4. The number of unbranched alkanes of at least 4 members (excludes halogenated alkanes) is 1. The summed E-state index contributed by atoms with van der Waals surface area (Å²) < 4.78 is 27.3. The van der Waals surface area contributed by atoms with Gasteiger partial charge < -0.3 is 26.3 Å². The van der Waals surface area contributed by atoms with Crippen molar-refractivity contribution in [1.29, 1.82) is 5.41 Å². The van der Waals surface area contributed by atoms with Crippen molar-refractivity contribution in [3.8, 4) is 0 Å². The number of aryl methyl sites for hydroxylation is 1. The van der Waals surface area contributed by atoms with Crippen LogP contribution in [0.4, 0.5) is 13.6 Å². The van der Waals surface area contributed by atoms with Gasteiger partial charge in [0.2, 0.25) is 5.92 Å². The van der Waals surface area contributed by atoms with Crippen LogP contribution in [-0.4, -0.2) is 97.6 Å². The van der Waals surface area contributed by atoms with Crippen molar-refractivity contribution in [2.45, 2.75) is 94.7 Å². The molecule has 1 aliphatic heterocycles. The minimum atomic E-state index is -2.54. The molecule has 244 valence electrons. The predicted octanol–water partition coefficient (Wildman–Crippen LogP) is 4.95. The van der Waals surface area contributed by atoms with Crippen molar-refractivity contribution in [2.24, 2.45) is 10.9 Å². The molecule has 1 saturated heterocycles. The Morgan fingerprint density at radius 1 is 1.32 bits per heavy atom. The van der Waals surface area contributed by atoms with E-state index in [1.807, 2.05) is 12.3 Å². The van der Waals surface area contributed by atoms with E-state index in [2.05, 4.69) is 50.1 Å². The van der Waals surface area contributed by atoms with E-state index in [1.54, 1.807) is 0 Å². The van der Waals surface area contributed by atoms with Gasteiger partial charge in [-0.15, -0.1) is 0 Å². The number of aliphatic imine (C=N–C) groups is 1. The lowest BCUT2D eigenvalue weighted by atomic mass is 9.84. The zero-order valence-electron chi connectivity index (χ0n) is 26.2. The summed E-state index contributed by atoms with van der Waals surface area (Å²) >= 11 is 0. The molecule has 2 amide bonds. The largest absolute Gasteiger partial charge is 0.385 e. The molecule has 4 rings (SSSR count). The Morgan fingerprint density at radius 3 is 2.91 bits per heavy atom. The van der Waals surface area contributed by atoms with Crippen LogP contribution >= 0.6 is 0 Å². The molecule has 0 radical (unpaired) electrons. The Labute approximate surface area is 261 Å². The Bertz CT molecular complexity index is 1090. The topological polar surface area (TPSA) is 109 Å². The highest BCUT2D eigenvalue weighted by Gasteiger charge is 2.36. The van der Waals surface area contributed by atoms with Gasteiger partial charge in [0.05, 0.1) is 11.7 Å². The van der Waals surface area contributed by atoms with Gasteiger partial charge in [0.1, 0.15) is 0 Å². The smallest absolute Gasteiger partial charge is 0.340 e. The number of urea groups is 1. The zero-order valence-corrected chi connectivity index (χ0v) is 26.2. The number of hydrogen-bond acceptors (Lipinski definition) is 7. The Hall–Kier alpha value is -2.76. The number of rotatable bonds is 16. The second kappa shape index (κ2) is 17.1. The average Bonchev–Trinajstić information content (AvgIpc) is 3.02. The Balaban J connectivity index is 1.31. The van der Waals surface area contributed by atoms with E-state index in [0.717, 1.165) is 83.5 Å². The van der Waals surface area contributed by atoms with Crippen LogP contribution in [0.5, 0.6) is 0 Å². The summed E-state index contributed by atoms with van der Waals surface area (Å²) in [6, 6.07) is 4.55. The molecule has 3 atom stereocenters. The summed E-state index contributed by atoms with van der Waals surface area (Å²) in [5, 5.41) is 17.8. The number of alkyl halides is 2. The number of aromatic nitrogens is 1. The van der Waals surface area contributed by atoms with Crippen molar-refractivity contribution in [3.63, 3.8) is 0 Å². The molecule has 2 aliphatic carbocycles. The molecule has 0 aromatic carbocycles. The van der Waals surface area contributed by atoms with E-state index < -0.39 is 5.92 Å². The van der Waals surface area contributed by atoms with Gasteiger partial charge in [0.15, 0.2) is 0 Å². The lowest BCUT2D eigenvalue weighted by Crippen LogP contribution is -2.56. The first-order chi connectivity index (χ1) is 21.3. The molecule has 9 nitrogen and oxygen atoms in total. The van der Waals surface area contributed by atoms with Gasteiger partial charge in [0.25, 0.3) is 0 Å². The first-order valence-corrected chi connectivity index (χ1v) is 16.5. The summed E-state index contributed by atoms with van der Waals surface area (Å²) in [5.74, 6) is -2.47. The molecule has 4 N–H and O–H groups in total. The number of carbonyl (C=O) groups is 1. The van der Waals surface area contributed by atoms with Crippen LogP contribution in [0.15, 0.2) is 35.6 Å². The number of carbonyl (C=O) groups excluding carboxylic acids is 1. The second-order valence-electron chi connectivity index (χ2n) is 12.7. The summed E-state index contributed by atoms with van der Waals surface area (Å²) in [7, 11) is 0. The molecular formula is C33H52F2N8O. The highest BCUT2D eigenvalue weighted by molar-refractivity contribution is 5.78. The van der Waals surface area contributed by atoms with Crippen LogP contribution in [0.25, 0.3) is 0 Å². The molecular weight excluding hydrogens is 562 g/mol. The molecule has 2 fully saturated rings. The number of pyridine rings is 1. The highest BCUT2D eigenvalue weighted by atomic mass is 19.3. The number of nitrogens with zero attached hydrogens (tertiary/aromatic N) is 4. The number of piperazine rings is 1.